The fourth-order valence-corrected chi connectivity index (χ4v) is 0.0546. The summed E-state index contributed by atoms with van der Waals surface area (Å²) in [5.41, 5.74) is -1.32. The Labute approximate surface area is 47.3 Å². The Balaban J connectivity index is 3.91. The number of halogens is 1. The van der Waals surface area contributed by atoms with Gasteiger partial charge in [0.1, 0.15) is 6.67 Å². The molecule has 0 bridgehead atoms. The van der Waals surface area contributed by atoms with Crippen LogP contribution >= 0.6 is 0 Å². The van der Waals surface area contributed by atoms with Crippen LogP contribution in [0.5, 0.6) is 0 Å². The third kappa shape index (κ3) is 1.48. The molecule has 0 heterocycles. The minimum absolute atomic E-state index is 0.880. The molecule has 0 aromatic heterocycles. The zero-order valence-electron chi connectivity index (χ0n) is 4.90. The van der Waals surface area contributed by atoms with Gasteiger partial charge in [-0.15, -0.1) is 0 Å². The fraction of sp³-hybridized carbons (Fsp3) is 0.800. The Morgan fingerprint density at radius 3 is 2.00 bits per heavy atom. The molecule has 0 rings (SSSR count). The molecule has 0 aliphatic carbocycles. The predicted octanol–water partition coefficient (Wildman–Crippen LogP) is 0.939. The van der Waals surface area contributed by atoms with Crippen molar-refractivity contribution in [2.45, 2.75) is 13.8 Å². The smallest absolute Gasteiger partial charge is 0.250 e. The first kappa shape index (κ1) is 7.40. The topological polar surface area (TPSA) is 37.0 Å². The van der Waals surface area contributed by atoms with E-state index in [-0.39, 0.29) is 0 Å². The highest BCUT2D eigenvalue weighted by Crippen LogP contribution is 2.14. The van der Waals surface area contributed by atoms with E-state index in [1.807, 2.05) is 0 Å². The van der Waals surface area contributed by atoms with Crippen LogP contribution in [0.2, 0.25) is 0 Å². The van der Waals surface area contributed by atoms with Crippen LogP contribution in [0.15, 0.2) is 0 Å². The van der Waals surface area contributed by atoms with Crippen LogP contribution in [0.1, 0.15) is 13.8 Å². The second-order valence-corrected chi connectivity index (χ2v) is 2.30. The molecule has 0 amide bonds. The van der Waals surface area contributed by atoms with Crippen LogP contribution in [0.4, 0.5) is 4.39 Å². The van der Waals surface area contributed by atoms with Crippen LogP contribution in [-0.2, 0) is 9.90 Å². The number of carbonyl (C=O) groups excluding carboxylic acids is 1. The van der Waals surface area contributed by atoms with Gasteiger partial charge in [-0.25, -0.2) is 14.3 Å². The van der Waals surface area contributed by atoms with Crippen LogP contribution < -0.4 is 0 Å². The lowest BCUT2D eigenvalue weighted by Gasteiger charge is -2.09. The first-order chi connectivity index (χ1) is 3.50. The van der Waals surface area contributed by atoms with Gasteiger partial charge in [-0.3, -0.25) is 0 Å². The minimum atomic E-state index is -1.35. The van der Waals surface area contributed by atoms with E-state index in [0.29, 0.717) is 0 Å². The van der Waals surface area contributed by atoms with Crippen LogP contribution in [0.3, 0.4) is 0 Å². The van der Waals surface area contributed by atoms with E-state index in [9.17, 15) is 14.3 Å². The molecule has 3 heteroatoms. The number of rotatable bonds is 2. The lowest BCUT2D eigenvalue weighted by molar-refractivity contribution is -0.154. The molecule has 1 radical (unpaired) electrons. The summed E-state index contributed by atoms with van der Waals surface area (Å²) in [4.78, 5) is 9.90. The quantitative estimate of drug-likeness (QED) is 0.533. The van der Waals surface area contributed by atoms with Gasteiger partial charge in [0.05, 0.1) is 5.41 Å². The summed E-state index contributed by atoms with van der Waals surface area (Å²) in [6.45, 7) is 1.68. The summed E-state index contributed by atoms with van der Waals surface area (Å²) in [6.07, 6.45) is 0. The molecule has 47 valence electrons. The highest BCUT2D eigenvalue weighted by Gasteiger charge is 2.28. The largest absolute Gasteiger partial charge is 0.363 e. The molecule has 0 aromatic rings. The van der Waals surface area contributed by atoms with Gasteiger partial charge >= 0.3 is 5.97 Å². The van der Waals surface area contributed by atoms with Gasteiger partial charge in [0.25, 0.3) is 0 Å². The van der Waals surface area contributed by atoms with Crippen LogP contribution in [-0.4, -0.2) is 12.6 Å². The van der Waals surface area contributed by atoms with E-state index in [1.165, 1.54) is 13.8 Å². The van der Waals surface area contributed by atoms with Crippen molar-refractivity contribution in [1.82, 2.24) is 0 Å². The number of hydrogen-bond donors (Lipinski definition) is 0. The van der Waals surface area contributed by atoms with Gasteiger partial charge in [0.2, 0.25) is 0 Å². The molecule has 0 unspecified atom stereocenters. The Kier molecular flexibility index (Phi) is 1.95. The molecule has 0 fully saturated rings. The molecule has 0 N–H and O–H groups in total. The number of hydrogen-bond acceptors (Lipinski definition) is 1. The highest BCUT2D eigenvalue weighted by atomic mass is 19.1. The van der Waals surface area contributed by atoms with E-state index in [2.05, 4.69) is 0 Å². The maximum absolute atomic E-state index is 11.6. The monoisotopic (exact) mass is 119 g/mol. The molecule has 0 spiro atoms. The van der Waals surface area contributed by atoms with Crippen molar-refractivity contribution < 1.29 is 14.3 Å². The lowest BCUT2D eigenvalue weighted by Crippen LogP contribution is -2.24. The first-order valence-electron chi connectivity index (χ1n) is 2.28. The summed E-state index contributed by atoms with van der Waals surface area (Å²) < 4.78 is 11.6. The zero-order valence-corrected chi connectivity index (χ0v) is 4.90. The molecular formula is C5H8FO2. The van der Waals surface area contributed by atoms with Crippen molar-refractivity contribution in [2.75, 3.05) is 6.67 Å². The Morgan fingerprint density at radius 1 is 1.62 bits per heavy atom. The number of carbonyl (C=O) groups is 1. The van der Waals surface area contributed by atoms with E-state index >= 15 is 0 Å². The zero-order chi connectivity index (χ0) is 6.78. The predicted molar refractivity (Wildman–Crippen MR) is 25.4 cm³/mol. The molecule has 2 nitrogen and oxygen atoms in total. The summed E-state index contributed by atoms with van der Waals surface area (Å²) in [7, 11) is 0. The summed E-state index contributed by atoms with van der Waals surface area (Å²) in [5.74, 6) is -1.35. The molecule has 0 aliphatic rings. The van der Waals surface area contributed by atoms with Gasteiger partial charge in [0.15, 0.2) is 0 Å². The lowest BCUT2D eigenvalue weighted by atomic mass is 9.96. The molecule has 0 saturated carbocycles. The first-order valence-corrected chi connectivity index (χ1v) is 2.28. The maximum Gasteiger partial charge on any atom is 0.363 e. The third-order valence-corrected chi connectivity index (χ3v) is 0.887. The summed E-state index contributed by atoms with van der Waals surface area (Å²) in [5, 5.41) is 9.90. The van der Waals surface area contributed by atoms with Gasteiger partial charge in [-0.1, -0.05) is 0 Å². The fourth-order valence-electron chi connectivity index (χ4n) is 0.0546. The van der Waals surface area contributed by atoms with E-state index in [0.717, 1.165) is 0 Å². The van der Waals surface area contributed by atoms with E-state index in [4.69, 9.17) is 0 Å². The van der Waals surface area contributed by atoms with Crippen LogP contribution in [0, 0.1) is 5.41 Å². The van der Waals surface area contributed by atoms with E-state index < -0.39 is 18.1 Å². The van der Waals surface area contributed by atoms with Crippen molar-refractivity contribution in [3.05, 3.63) is 0 Å². The second-order valence-electron chi connectivity index (χ2n) is 2.30. The Hall–Kier alpha value is -0.600. The van der Waals surface area contributed by atoms with Crippen molar-refractivity contribution >= 4 is 5.97 Å². The van der Waals surface area contributed by atoms with Gasteiger partial charge in [-0.2, -0.15) is 0 Å². The van der Waals surface area contributed by atoms with Gasteiger partial charge in [-0.05, 0) is 13.8 Å². The molecule has 0 saturated heterocycles. The van der Waals surface area contributed by atoms with Crippen molar-refractivity contribution in [2.24, 2.45) is 5.41 Å². The van der Waals surface area contributed by atoms with Gasteiger partial charge in [0, 0.05) is 0 Å². The molecule has 0 atom stereocenters. The average molecular weight is 119 g/mol. The van der Waals surface area contributed by atoms with Crippen molar-refractivity contribution in [1.29, 1.82) is 0 Å². The normalized spacial score (nSPS) is 11.4. The summed E-state index contributed by atoms with van der Waals surface area (Å²) in [6, 6.07) is 0. The van der Waals surface area contributed by atoms with Crippen molar-refractivity contribution in [3.8, 4) is 0 Å². The second kappa shape index (κ2) is 2.11. The average Bonchev–Trinajstić information content (AvgIpc) is 1.67. The minimum Gasteiger partial charge on any atom is -0.250 e. The van der Waals surface area contributed by atoms with Crippen molar-refractivity contribution in [3.63, 3.8) is 0 Å². The SMILES string of the molecule is CC(C)(CF)C([O])=O. The maximum atomic E-state index is 11.6. The Morgan fingerprint density at radius 2 is 2.00 bits per heavy atom. The molecule has 8 heavy (non-hydrogen) atoms. The highest BCUT2D eigenvalue weighted by molar-refractivity contribution is 5.73. The van der Waals surface area contributed by atoms with E-state index in [1.54, 1.807) is 0 Å². The molecule has 0 aromatic carbocycles. The Bertz CT molecular complexity index is 98.6. The molecular weight excluding hydrogens is 111 g/mol. The molecule has 0 aliphatic heterocycles. The van der Waals surface area contributed by atoms with Gasteiger partial charge < -0.3 is 0 Å². The number of alkyl halides is 1. The summed E-state index contributed by atoms with van der Waals surface area (Å²) >= 11 is 0. The third-order valence-electron chi connectivity index (χ3n) is 0.887. The van der Waals surface area contributed by atoms with Crippen LogP contribution in [0.25, 0.3) is 0 Å². The standard InChI is InChI=1S/C5H8FO2/c1-5(2,3-6)4(7)8/h3H2,1-2H3.